The van der Waals surface area contributed by atoms with Crippen molar-refractivity contribution in [1.29, 1.82) is 0 Å². The number of aromatic nitrogens is 1. The molecule has 4 rings (SSSR count). The number of benzene rings is 1. The fourth-order valence-electron chi connectivity index (χ4n) is 4.61. The van der Waals surface area contributed by atoms with Gasteiger partial charge in [-0.05, 0) is 68.9 Å². The number of nitrogens with zero attached hydrogens (tertiary/aromatic N) is 3. The Balaban J connectivity index is 1.33. The Labute approximate surface area is 195 Å². The number of amides is 1. The van der Waals surface area contributed by atoms with Gasteiger partial charge in [0.05, 0.1) is 12.7 Å². The summed E-state index contributed by atoms with van der Waals surface area (Å²) in [5.74, 6) is 1.39. The quantitative estimate of drug-likeness (QED) is 0.587. The van der Waals surface area contributed by atoms with Gasteiger partial charge in [-0.15, -0.1) is 0 Å². The highest BCUT2D eigenvalue weighted by Crippen LogP contribution is 2.29. The number of aryl methyl sites for hydroxylation is 1. The number of carbonyl (C=O) groups excluding carboxylic acids is 1. The highest BCUT2D eigenvalue weighted by molar-refractivity contribution is 6.29. The van der Waals surface area contributed by atoms with E-state index in [1.807, 2.05) is 36.1 Å². The van der Waals surface area contributed by atoms with Crippen LogP contribution in [0.2, 0.25) is 5.15 Å². The summed E-state index contributed by atoms with van der Waals surface area (Å²) in [4.78, 5) is 21.5. The molecule has 0 atom stereocenters. The van der Waals surface area contributed by atoms with E-state index in [0.717, 1.165) is 69.9 Å². The van der Waals surface area contributed by atoms with Gasteiger partial charge in [0.25, 0.3) is 5.91 Å². The second-order valence-electron chi connectivity index (χ2n) is 8.75. The van der Waals surface area contributed by atoms with Gasteiger partial charge >= 0.3 is 0 Å². The van der Waals surface area contributed by atoms with Crippen LogP contribution >= 0.6 is 11.6 Å². The van der Waals surface area contributed by atoms with Crippen LogP contribution in [0.15, 0.2) is 30.3 Å². The van der Waals surface area contributed by atoms with E-state index in [2.05, 4.69) is 16.0 Å². The molecule has 2 aliphatic rings. The molecule has 6 nitrogen and oxygen atoms in total. The number of hydrogen-bond acceptors (Lipinski definition) is 5. The second kappa shape index (κ2) is 10.5. The lowest BCUT2D eigenvalue weighted by atomic mass is 10.1. The summed E-state index contributed by atoms with van der Waals surface area (Å²) in [5, 5.41) is 0.550. The fourth-order valence-corrected chi connectivity index (χ4v) is 4.89. The van der Waals surface area contributed by atoms with Crippen LogP contribution in [0.5, 0.6) is 11.5 Å². The van der Waals surface area contributed by atoms with E-state index < -0.39 is 0 Å². The van der Waals surface area contributed by atoms with Crippen molar-refractivity contribution in [3.63, 3.8) is 0 Å². The smallest absolute Gasteiger partial charge is 0.257 e. The number of likely N-dealkylation sites (tertiary alicyclic amines) is 2. The van der Waals surface area contributed by atoms with Crippen molar-refractivity contribution in [2.45, 2.75) is 51.7 Å². The first kappa shape index (κ1) is 22.9. The highest BCUT2D eigenvalue weighted by atomic mass is 35.5. The number of piperidine rings is 2. The summed E-state index contributed by atoms with van der Waals surface area (Å²) in [7, 11) is 1.61. The molecule has 3 heterocycles. The molecule has 2 saturated heterocycles. The van der Waals surface area contributed by atoms with Crippen molar-refractivity contribution in [3.8, 4) is 11.5 Å². The molecular weight excluding hydrogens is 426 g/mol. The zero-order valence-electron chi connectivity index (χ0n) is 19.0. The van der Waals surface area contributed by atoms with E-state index in [-0.39, 0.29) is 12.0 Å². The van der Waals surface area contributed by atoms with Crippen molar-refractivity contribution in [2.75, 3.05) is 33.3 Å². The number of methoxy groups -OCH3 is 1. The van der Waals surface area contributed by atoms with Crippen LogP contribution < -0.4 is 9.47 Å². The summed E-state index contributed by atoms with van der Waals surface area (Å²) in [6.45, 7) is 6.42. The average molecular weight is 458 g/mol. The molecule has 0 saturated carbocycles. The number of ether oxygens (including phenoxy) is 2. The first-order valence-electron chi connectivity index (χ1n) is 11.5. The lowest BCUT2D eigenvalue weighted by Crippen LogP contribution is -2.37. The van der Waals surface area contributed by atoms with Crippen LogP contribution in [-0.4, -0.2) is 60.1 Å². The molecule has 0 N–H and O–H groups in total. The van der Waals surface area contributed by atoms with Crippen molar-refractivity contribution < 1.29 is 14.3 Å². The van der Waals surface area contributed by atoms with Crippen LogP contribution in [0.4, 0.5) is 0 Å². The first-order chi connectivity index (χ1) is 15.5. The molecule has 1 aromatic carbocycles. The number of rotatable bonds is 6. The first-order valence-corrected chi connectivity index (χ1v) is 11.9. The number of carbonyl (C=O) groups is 1. The molecule has 7 heteroatoms. The van der Waals surface area contributed by atoms with Gasteiger partial charge in [0.15, 0.2) is 0 Å². The molecule has 0 bridgehead atoms. The van der Waals surface area contributed by atoms with E-state index in [1.165, 1.54) is 12.0 Å². The zero-order valence-corrected chi connectivity index (χ0v) is 19.7. The molecule has 2 aliphatic heterocycles. The minimum absolute atomic E-state index is 0.0489. The lowest BCUT2D eigenvalue weighted by Gasteiger charge is -2.32. The van der Waals surface area contributed by atoms with Gasteiger partial charge in [0.2, 0.25) is 0 Å². The topological polar surface area (TPSA) is 54.9 Å². The summed E-state index contributed by atoms with van der Waals surface area (Å²) < 4.78 is 11.8. The molecule has 32 heavy (non-hydrogen) atoms. The minimum atomic E-state index is 0.0489. The van der Waals surface area contributed by atoms with Gasteiger partial charge in [-0.3, -0.25) is 9.69 Å². The Morgan fingerprint density at radius 3 is 2.53 bits per heavy atom. The van der Waals surface area contributed by atoms with E-state index in [9.17, 15) is 4.79 Å². The molecule has 2 aromatic rings. The van der Waals surface area contributed by atoms with E-state index >= 15 is 0 Å². The van der Waals surface area contributed by atoms with Crippen molar-refractivity contribution in [3.05, 3.63) is 52.3 Å². The van der Waals surface area contributed by atoms with Crippen LogP contribution in [-0.2, 0) is 6.54 Å². The maximum absolute atomic E-state index is 12.9. The van der Waals surface area contributed by atoms with Gasteiger partial charge in [0, 0.05) is 44.5 Å². The van der Waals surface area contributed by atoms with Crippen molar-refractivity contribution >= 4 is 17.5 Å². The molecule has 1 amide bonds. The van der Waals surface area contributed by atoms with Gasteiger partial charge in [-0.1, -0.05) is 11.6 Å². The number of pyridine rings is 1. The van der Waals surface area contributed by atoms with E-state index in [1.54, 1.807) is 7.11 Å². The molecule has 0 radical (unpaired) electrons. The average Bonchev–Trinajstić information content (AvgIpc) is 2.80. The minimum Gasteiger partial charge on any atom is -0.496 e. The summed E-state index contributed by atoms with van der Waals surface area (Å²) >= 11 is 6.10. The number of hydrogen-bond donors (Lipinski definition) is 0. The van der Waals surface area contributed by atoms with Gasteiger partial charge in [-0.25, -0.2) is 4.98 Å². The standard InChI is InChI=1S/C25H32ClN3O3/c1-18-14-19(15-24(26)27-18)17-28-12-8-20(9-13-28)32-21-6-7-22(23(16-21)31-2)25(30)29-10-4-3-5-11-29/h6-7,14-16,20H,3-5,8-13,17H2,1-2H3. The number of halogens is 1. The van der Waals surface area contributed by atoms with Crippen LogP contribution in [0, 0.1) is 6.92 Å². The van der Waals surface area contributed by atoms with Crippen LogP contribution in [0.3, 0.4) is 0 Å². The zero-order chi connectivity index (χ0) is 22.5. The van der Waals surface area contributed by atoms with Crippen LogP contribution in [0.25, 0.3) is 0 Å². The van der Waals surface area contributed by atoms with Gasteiger partial charge in [-0.2, -0.15) is 0 Å². The van der Waals surface area contributed by atoms with Crippen LogP contribution in [0.1, 0.15) is 53.7 Å². The Bertz CT molecular complexity index is 918. The monoisotopic (exact) mass is 457 g/mol. The Morgan fingerprint density at radius 1 is 1.09 bits per heavy atom. The van der Waals surface area contributed by atoms with Gasteiger partial charge < -0.3 is 14.4 Å². The Hall–Kier alpha value is -2.31. The highest BCUT2D eigenvalue weighted by Gasteiger charge is 2.24. The van der Waals surface area contributed by atoms with Gasteiger partial charge in [0.1, 0.15) is 22.8 Å². The van der Waals surface area contributed by atoms with Crippen molar-refractivity contribution in [1.82, 2.24) is 14.8 Å². The molecule has 2 fully saturated rings. The largest absolute Gasteiger partial charge is 0.496 e. The maximum Gasteiger partial charge on any atom is 0.257 e. The third-order valence-corrected chi connectivity index (χ3v) is 6.47. The third kappa shape index (κ3) is 5.73. The van der Waals surface area contributed by atoms with E-state index in [0.29, 0.717) is 16.5 Å². The second-order valence-corrected chi connectivity index (χ2v) is 9.14. The Kier molecular flexibility index (Phi) is 7.53. The van der Waals surface area contributed by atoms with Crippen molar-refractivity contribution in [2.24, 2.45) is 0 Å². The third-order valence-electron chi connectivity index (χ3n) is 6.27. The molecule has 0 spiro atoms. The lowest BCUT2D eigenvalue weighted by molar-refractivity contribution is 0.0720. The summed E-state index contributed by atoms with van der Waals surface area (Å²) in [6, 6.07) is 9.62. The molecule has 1 aromatic heterocycles. The SMILES string of the molecule is COc1cc(OC2CCN(Cc3cc(C)nc(Cl)c3)CC2)ccc1C(=O)N1CCCCC1. The Morgan fingerprint density at radius 2 is 1.84 bits per heavy atom. The predicted octanol–water partition coefficient (Wildman–Crippen LogP) is 4.72. The maximum atomic E-state index is 12.9. The molecule has 0 aliphatic carbocycles. The predicted molar refractivity (Wildman–Crippen MR) is 126 cm³/mol. The summed E-state index contributed by atoms with van der Waals surface area (Å²) in [5.41, 5.74) is 2.75. The van der Waals surface area contributed by atoms with E-state index in [4.69, 9.17) is 21.1 Å². The molecule has 172 valence electrons. The molecule has 0 unspecified atom stereocenters. The normalized spacial score (nSPS) is 17.9. The summed E-state index contributed by atoms with van der Waals surface area (Å²) in [6.07, 6.45) is 5.40. The fraction of sp³-hybridized carbons (Fsp3) is 0.520. The molecular formula is C25H32ClN3O3.